The second-order valence-corrected chi connectivity index (χ2v) is 9.39. The third-order valence-electron chi connectivity index (χ3n) is 6.49. The smallest absolute Gasteiger partial charge is 0.463 e. The van der Waals surface area contributed by atoms with E-state index in [4.69, 9.17) is 9.31 Å². The molecule has 1 saturated carbocycles. The highest BCUT2D eigenvalue weighted by molar-refractivity contribution is 6.62. The van der Waals surface area contributed by atoms with Gasteiger partial charge >= 0.3 is 13.2 Å². The van der Waals surface area contributed by atoms with Gasteiger partial charge in [-0.1, -0.05) is 24.3 Å². The second-order valence-electron chi connectivity index (χ2n) is 9.39. The largest absolute Gasteiger partial charge is 0.494 e. The Morgan fingerprint density at radius 2 is 1.84 bits per heavy atom. The molecule has 1 saturated heterocycles. The second kappa shape index (κ2) is 7.49. The van der Waals surface area contributed by atoms with Gasteiger partial charge in [0.2, 0.25) is 5.91 Å². The standard InChI is InChI=1S/C22H28BN3O5/c1-13(19(27)24-18-12-17(14-9-10-14)26(25-18)20(28)29)15-7-6-8-16(11-15)23-30-21(2,3)22(4,5)31-23/h6-8,11-14H,9-10H2,1-5H3,(H,28,29)(H,24,25,27)/t13-/m0/s1. The minimum Gasteiger partial charge on any atom is -0.463 e. The SMILES string of the molecule is C[C@H](C(=O)Nc1cc(C2CC2)n(C(=O)O)n1)c1cccc(B2OC(C)(C)C(C)(C)O2)c1. The van der Waals surface area contributed by atoms with Crippen LogP contribution in [0.2, 0.25) is 0 Å². The molecule has 2 fully saturated rings. The first-order valence-corrected chi connectivity index (χ1v) is 10.6. The van der Waals surface area contributed by atoms with Crippen LogP contribution in [0.3, 0.4) is 0 Å². The van der Waals surface area contributed by atoms with E-state index in [2.05, 4.69) is 10.4 Å². The lowest BCUT2D eigenvalue weighted by atomic mass is 9.77. The zero-order valence-electron chi connectivity index (χ0n) is 18.5. The quantitative estimate of drug-likeness (QED) is 0.713. The van der Waals surface area contributed by atoms with Crippen LogP contribution >= 0.6 is 0 Å². The molecule has 0 radical (unpaired) electrons. The predicted molar refractivity (Wildman–Crippen MR) is 117 cm³/mol. The summed E-state index contributed by atoms with van der Waals surface area (Å²) in [6.07, 6.45) is 0.730. The highest BCUT2D eigenvalue weighted by Crippen LogP contribution is 2.41. The van der Waals surface area contributed by atoms with Crippen LogP contribution in [0.4, 0.5) is 10.6 Å². The summed E-state index contributed by atoms with van der Waals surface area (Å²) in [6.45, 7) is 9.80. The Bertz CT molecular complexity index is 1010. The van der Waals surface area contributed by atoms with Crippen molar-refractivity contribution in [3.05, 3.63) is 41.6 Å². The van der Waals surface area contributed by atoms with Gasteiger partial charge in [0, 0.05) is 12.0 Å². The number of rotatable bonds is 5. The monoisotopic (exact) mass is 425 g/mol. The first kappa shape index (κ1) is 21.6. The van der Waals surface area contributed by atoms with Gasteiger partial charge in [-0.2, -0.15) is 4.68 Å². The molecular weight excluding hydrogens is 397 g/mol. The van der Waals surface area contributed by atoms with Crippen molar-refractivity contribution in [1.29, 1.82) is 0 Å². The molecule has 164 valence electrons. The fourth-order valence-corrected chi connectivity index (χ4v) is 3.62. The summed E-state index contributed by atoms with van der Waals surface area (Å²) in [5.41, 5.74) is 1.39. The number of amides is 1. The zero-order chi connectivity index (χ0) is 22.6. The van der Waals surface area contributed by atoms with Crippen LogP contribution in [0.25, 0.3) is 0 Å². The number of nitrogens with zero attached hydrogens (tertiary/aromatic N) is 2. The van der Waals surface area contributed by atoms with Crippen LogP contribution in [0.1, 0.15) is 70.6 Å². The molecule has 2 aromatic rings. The van der Waals surface area contributed by atoms with E-state index in [9.17, 15) is 14.7 Å². The van der Waals surface area contributed by atoms with Crippen LogP contribution in [-0.2, 0) is 14.1 Å². The maximum atomic E-state index is 12.9. The minimum absolute atomic E-state index is 0.197. The number of carbonyl (C=O) groups is 2. The molecular formula is C22H28BN3O5. The molecule has 31 heavy (non-hydrogen) atoms. The van der Waals surface area contributed by atoms with Gasteiger partial charge < -0.3 is 19.7 Å². The molecule has 1 amide bonds. The Kier molecular flexibility index (Phi) is 5.22. The molecule has 0 unspecified atom stereocenters. The van der Waals surface area contributed by atoms with Gasteiger partial charge in [0.15, 0.2) is 5.82 Å². The Morgan fingerprint density at radius 1 is 1.19 bits per heavy atom. The fraction of sp³-hybridized carbons (Fsp3) is 0.500. The Morgan fingerprint density at radius 3 is 2.42 bits per heavy atom. The first-order valence-electron chi connectivity index (χ1n) is 10.6. The number of benzene rings is 1. The highest BCUT2D eigenvalue weighted by Gasteiger charge is 2.51. The molecule has 2 aliphatic rings. The molecule has 1 aromatic heterocycles. The van der Waals surface area contributed by atoms with E-state index in [0.29, 0.717) is 5.69 Å². The molecule has 0 bridgehead atoms. The molecule has 1 aliphatic carbocycles. The van der Waals surface area contributed by atoms with Crippen molar-refractivity contribution in [2.75, 3.05) is 5.32 Å². The van der Waals surface area contributed by atoms with Crippen molar-refractivity contribution in [2.45, 2.75) is 70.5 Å². The van der Waals surface area contributed by atoms with Crippen molar-refractivity contribution in [3.63, 3.8) is 0 Å². The third kappa shape index (κ3) is 4.12. The van der Waals surface area contributed by atoms with E-state index in [0.717, 1.165) is 28.5 Å². The lowest BCUT2D eigenvalue weighted by molar-refractivity contribution is -0.117. The summed E-state index contributed by atoms with van der Waals surface area (Å²) in [5.74, 6) is -0.281. The van der Waals surface area contributed by atoms with E-state index >= 15 is 0 Å². The summed E-state index contributed by atoms with van der Waals surface area (Å²) in [4.78, 5) is 24.3. The molecule has 2 heterocycles. The van der Waals surface area contributed by atoms with Crippen LogP contribution in [0.15, 0.2) is 30.3 Å². The number of aromatic nitrogens is 2. The van der Waals surface area contributed by atoms with E-state index in [1.165, 1.54) is 0 Å². The summed E-state index contributed by atoms with van der Waals surface area (Å²) in [6, 6.07) is 9.25. The van der Waals surface area contributed by atoms with Crippen LogP contribution < -0.4 is 10.8 Å². The molecule has 0 spiro atoms. The zero-order valence-corrected chi connectivity index (χ0v) is 18.5. The molecule has 2 N–H and O–H groups in total. The van der Waals surface area contributed by atoms with E-state index in [-0.39, 0.29) is 17.6 Å². The predicted octanol–water partition coefficient (Wildman–Crippen LogP) is 3.33. The van der Waals surface area contributed by atoms with Gasteiger partial charge in [-0.05, 0) is 58.5 Å². The summed E-state index contributed by atoms with van der Waals surface area (Å²) in [5, 5.41) is 16.2. The molecule has 1 aromatic carbocycles. The Labute approximate surface area is 182 Å². The van der Waals surface area contributed by atoms with Gasteiger partial charge in [0.05, 0.1) is 22.8 Å². The number of hydrogen-bond acceptors (Lipinski definition) is 5. The van der Waals surface area contributed by atoms with Crippen molar-refractivity contribution in [2.24, 2.45) is 0 Å². The average Bonchev–Trinajstić information content (AvgIpc) is 3.41. The maximum absolute atomic E-state index is 12.9. The number of anilines is 1. The molecule has 1 aliphatic heterocycles. The van der Waals surface area contributed by atoms with Gasteiger partial charge in [-0.15, -0.1) is 5.10 Å². The first-order chi connectivity index (χ1) is 14.5. The topological polar surface area (TPSA) is 103 Å². The average molecular weight is 425 g/mol. The fourth-order valence-electron chi connectivity index (χ4n) is 3.62. The lowest BCUT2D eigenvalue weighted by Gasteiger charge is -2.32. The number of nitrogens with one attached hydrogen (secondary N) is 1. The van der Waals surface area contributed by atoms with Crippen molar-refractivity contribution >= 4 is 30.4 Å². The number of carbonyl (C=O) groups excluding carboxylic acids is 1. The summed E-state index contributed by atoms with van der Waals surface area (Å²) < 4.78 is 13.2. The van der Waals surface area contributed by atoms with Gasteiger partial charge in [0.25, 0.3) is 0 Å². The maximum Gasteiger partial charge on any atom is 0.494 e. The number of hydrogen-bond donors (Lipinski definition) is 2. The van der Waals surface area contributed by atoms with Gasteiger partial charge in [-0.3, -0.25) is 4.79 Å². The minimum atomic E-state index is -1.15. The Hall–Kier alpha value is -2.65. The lowest BCUT2D eigenvalue weighted by Crippen LogP contribution is -2.41. The van der Waals surface area contributed by atoms with Crippen LogP contribution in [0, 0.1) is 0 Å². The van der Waals surface area contributed by atoms with Gasteiger partial charge in [-0.25, -0.2) is 4.79 Å². The van der Waals surface area contributed by atoms with Crippen molar-refractivity contribution in [1.82, 2.24) is 9.78 Å². The van der Waals surface area contributed by atoms with E-state index in [1.807, 2.05) is 52.0 Å². The van der Waals surface area contributed by atoms with E-state index < -0.39 is 30.3 Å². The summed E-state index contributed by atoms with van der Waals surface area (Å²) >= 11 is 0. The molecule has 9 heteroatoms. The van der Waals surface area contributed by atoms with Crippen LogP contribution in [-0.4, -0.2) is 45.2 Å². The van der Waals surface area contributed by atoms with Crippen molar-refractivity contribution in [3.8, 4) is 0 Å². The highest BCUT2D eigenvalue weighted by atomic mass is 16.7. The molecule has 8 nitrogen and oxygen atoms in total. The van der Waals surface area contributed by atoms with E-state index in [1.54, 1.807) is 13.0 Å². The normalized spacial score (nSPS) is 20.5. The number of carboxylic acid groups (broad SMARTS) is 1. The van der Waals surface area contributed by atoms with Gasteiger partial charge in [0.1, 0.15) is 0 Å². The Balaban J connectivity index is 1.49. The molecule has 1 atom stereocenters. The molecule has 4 rings (SSSR count). The third-order valence-corrected chi connectivity index (χ3v) is 6.49. The van der Waals surface area contributed by atoms with Crippen LogP contribution in [0.5, 0.6) is 0 Å². The summed E-state index contributed by atoms with van der Waals surface area (Å²) in [7, 11) is -0.507. The van der Waals surface area contributed by atoms with Crippen molar-refractivity contribution < 1.29 is 24.0 Å².